The lowest BCUT2D eigenvalue weighted by atomic mass is 10.2. The fourth-order valence-electron chi connectivity index (χ4n) is 4.06. The number of likely N-dealkylation sites (N-methyl/N-ethyl adjacent to an activating group) is 1. The molecule has 8 nitrogen and oxygen atoms in total. The molecule has 1 aliphatic carbocycles. The molecule has 2 aromatic heterocycles. The Morgan fingerprint density at radius 1 is 1.23 bits per heavy atom. The molecule has 11 heteroatoms. The monoisotopic (exact) mass is 580 g/mol. The van der Waals surface area contributed by atoms with E-state index in [1.165, 1.54) is 0 Å². The first kappa shape index (κ1) is 24.8. The Hall–Kier alpha value is -1.88. The van der Waals surface area contributed by atoms with Gasteiger partial charge in [-0.15, -0.1) is 0 Å². The maximum absolute atomic E-state index is 13.2. The van der Waals surface area contributed by atoms with Crippen LogP contribution in [0.4, 0.5) is 11.4 Å². The number of pyridine rings is 1. The highest BCUT2D eigenvalue weighted by molar-refractivity contribution is 9.10. The molecule has 0 unspecified atom stereocenters. The van der Waals surface area contributed by atoms with E-state index in [0.717, 1.165) is 55.7 Å². The summed E-state index contributed by atoms with van der Waals surface area (Å²) in [5, 5.41) is 4.07. The van der Waals surface area contributed by atoms with Crippen molar-refractivity contribution in [2.24, 2.45) is 5.92 Å². The number of hydrogen-bond donors (Lipinski definition) is 2. The molecule has 2 aliphatic rings. The zero-order chi connectivity index (χ0) is 24.5. The van der Waals surface area contributed by atoms with Gasteiger partial charge in [0.15, 0.2) is 5.65 Å². The Balaban J connectivity index is 1.49. The summed E-state index contributed by atoms with van der Waals surface area (Å²) in [6, 6.07) is 5.46. The molecule has 3 aromatic rings. The molecule has 0 atom stereocenters. The van der Waals surface area contributed by atoms with Crippen LogP contribution in [0.5, 0.6) is 0 Å². The number of piperazine rings is 1. The van der Waals surface area contributed by atoms with Gasteiger partial charge in [0.2, 0.25) is 0 Å². The van der Waals surface area contributed by atoms with Crippen molar-refractivity contribution in [3.63, 3.8) is 0 Å². The number of benzene rings is 1. The van der Waals surface area contributed by atoms with Crippen molar-refractivity contribution in [1.82, 2.24) is 24.7 Å². The topological polar surface area (TPSA) is 74.1 Å². The Labute approximate surface area is 222 Å². The van der Waals surface area contributed by atoms with Gasteiger partial charge in [0.05, 0.1) is 40.5 Å². The Morgan fingerprint density at radius 2 is 2.00 bits per heavy atom. The van der Waals surface area contributed by atoms with Crippen LogP contribution in [0.25, 0.3) is 5.65 Å². The van der Waals surface area contributed by atoms with Crippen LogP contribution in [-0.4, -0.2) is 64.9 Å². The molecular weight excluding hydrogens is 555 g/mol. The number of carbonyl (C=O) groups is 1. The van der Waals surface area contributed by atoms with Crippen LogP contribution >= 0.6 is 39.1 Å². The first-order valence-electron chi connectivity index (χ1n) is 11.6. The standard InChI is InChI=1S/C24H27BrCl2N6O2/c1-31-6-8-32(9-7-31)12-17-11-28-23-21(27)22(29-20-5-4-16(25)10-19(20)26)18(13-33(17)23)24(34)30-35-14-15-2-3-15/h4-5,10-11,13,15,29H,2-3,6-9,12,14H2,1H3,(H,30,34). The average Bonchev–Trinajstić information content (AvgIpc) is 3.57. The second kappa shape index (κ2) is 10.6. The van der Waals surface area contributed by atoms with Crippen molar-refractivity contribution in [1.29, 1.82) is 0 Å². The van der Waals surface area contributed by atoms with Gasteiger partial charge < -0.3 is 14.6 Å². The quantitative estimate of drug-likeness (QED) is 0.366. The Kier molecular flexibility index (Phi) is 7.52. The van der Waals surface area contributed by atoms with E-state index in [1.807, 2.05) is 22.7 Å². The van der Waals surface area contributed by atoms with Gasteiger partial charge in [-0.1, -0.05) is 39.1 Å². The molecule has 5 rings (SSSR count). The van der Waals surface area contributed by atoms with Crippen LogP contribution in [0.2, 0.25) is 10.0 Å². The molecular formula is C24H27BrCl2N6O2. The molecule has 0 radical (unpaired) electrons. The van der Waals surface area contributed by atoms with E-state index >= 15 is 0 Å². The third-order valence-corrected chi connectivity index (χ3v) is 7.58. The number of hydrogen-bond acceptors (Lipinski definition) is 6. The third-order valence-electron chi connectivity index (χ3n) is 6.41. The number of nitrogens with one attached hydrogen (secondary N) is 2. The van der Waals surface area contributed by atoms with Crippen LogP contribution in [0.3, 0.4) is 0 Å². The molecule has 186 valence electrons. The van der Waals surface area contributed by atoms with Gasteiger partial charge in [-0.25, -0.2) is 10.5 Å². The molecule has 1 saturated heterocycles. The molecule has 3 heterocycles. The molecule has 1 aliphatic heterocycles. The number of carbonyl (C=O) groups excluding carboxylic acids is 1. The molecule has 0 spiro atoms. The summed E-state index contributed by atoms with van der Waals surface area (Å²) in [5.74, 6) is 0.133. The SMILES string of the molecule is CN1CCN(Cc2cnc3c(Cl)c(Nc4ccc(Br)cc4Cl)c(C(=O)NOCC4CC4)cn23)CC1. The van der Waals surface area contributed by atoms with E-state index in [0.29, 0.717) is 45.2 Å². The van der Waals surface area contributed by atoms with Gasteiger partial charge in [0.1, 0.15) is 5.02 Å². The maximum atomic E-state index is 13.2. The minimum absolute atomic E-state index is 0.337. The van der Waals surface area contributed by atoms with Crippen LogP contribution in [-0.2, 0) is 11.4 Å². The Morgan fingerprint density at radius 3 is 2.71 bits per heavy atom. The zero-order valence-corrected chi connectivity index (χ0v) is 22.5. The predicted molar refractivity (Wildman–Crippen MR) is 142 cm³/mol. The van der Waals surface area contributed by atoms with E-state index in [2.05, 4.69) is 48.6 Å². The molecule has 2 N–H and O–H groups in total. The fourth-order valence-corrected chi connectivity index (χ4v) is 5.07. The second-order valence-corrected chi connectivity index (χ2v) is 10.9. The molecule has 0 bridgehead atoms. The number of fused-ring (bicyclic) bond motifs is 1. The summed E-state index contributed by atoms with van der Waals surface area (Å²) in [6.07, 6.45) is 5.85. The highest BCUT2D eigenvalue weighted by atomic mass is 79.9. The number of amides is 1. The average molecular weight is 582 g/mol. The molecule has 1 aromatic carbocycles. The summed E-state index contributed by atoms with van der Waals surface area (Å²) in [6.45, 7) is 5.21. The van der Waals surface area contributed by atoms with E-state index < -0.39 is 0 Å². The first-order valence-corrected chi connectivity index (χ1v) is 13.2. The minimum atomic E-state index is -0.385. The maximum Gasteiger partial charge on any atom is 0.278 e. The molecule has 35 heavy (non-hydrogen) atoms. The van der Waals surface area contributed by atoms with Crippen molar-refractivity contribution in [2.45, 2.75) is 19.4 Å². The van der Waals surface area contributed by atoms with E-state index in [4.69, 9.17) is 28.0 Å². The molecule has 1 saturated carbocycles. The highest BCUT2D eigenvalue weighted by Gasteiger charge is 2.25. The number of hydroxylamine groups is 1. The summed E-state index contributed by atoms with van der Waals surface area (Å²) in [5.41, 5.74) is 5.51. The zero-order valence-electron chi connectivity index (χ0n) is 19.4. The van der Waals surface area contributed by atoms with Gasteiger partial charge in [-0.3, -0.25) is 14.5 Å². The van der Waals surface area contributed by atoms with Gasteiger partial charge in [-0.2, -0.15) is 0 Å². The number of nitrogens with zero attached hydrogens (tertiary/aromatic N) is 4. The minimum Gasteiger partial charge on any atom is -0.352 e. The van der Waals surface area contributed by atoms with Crippen LogP contribution in [0.1, 0.15) is 28.9 Å². The smallest absolute Gasteiger partial charge is 0.278 e. The van der Waals surface area contributed by atoms with Gasteiger partial charge in [0, 0.05) is 43.4 Å². The van der Waals surface area contributed by atoms with Crippen molar-refractivity contribution < 1.29 is 9.63 Å². The largest absolute Gasteiger partial charge is 0.352 e. The summed E-state index contributed by atoms with van der Waals surface area (Å²) in [4.78, 5) is 28.0. The van der Waals surface area contributed by atoms with Crippen molar-refractivity contribution in [3.05, 3.63) is 56.4 Å². The predicted octanol–water partition coefficient (Wildman–Crippen LogP) is 4.97. The summed E-state index contributed by atoms with van der Waals surface area (Å²) >= 11 is 16.7. The van der Waals surface area contributed by atoms with E-state index in [-0.39, 0.29) is 5.91 Å². The lowest BCUT2D eigenvalue weighted by molar-refractivity contribution is 0.0270. The lowest BCUT2D eigenvalue weighted by Gasteiger charge is -2.32. The van der Waals surface area contributed by atoms with Gasteiger partial charge >= 0.3 is 0 Å². The number of halogens is 3. The van der Waals surface area contributed by atoms with Crippen LogP contribution in [0, 0.1) is 5.92 Å². The third kappa shape index (κ3) is 5.76. The number of anilines is 2. The first-order chi connectivity index (χ1) is 16.9. The second-order valence-electron chi connectivity index (χ2n) is 9.19. The van der Waals surface area contributed by atoms with Crippen molar-refractivity contribution in [2.75, 3.05) is 45.2 Å². The number of aromatic nitrogens is 2. The number of rotatable bonds is 8. The van der Waals surface area contributed by atoms with Crippen molar-refractivity contribution in [3.8, 4) is 0 Å². The Bertz CT molecular complexity index is 1240. The molecule has 1 amide bonds. The van der Waals surface area contributed by atoms with Crippen LogP contribution in [0.15, 0.2) is 35.1 Å². The van der Waals surface area contributed by atoms with Gasteiger partial charge in [0.25, 0.3) is 5.91 Å². The number of imidazole rings is 1. The highest BCUT2D eigenvalue weighted by Crippen LogP contribution is 2.36. The summed E-state index contributed by atoms with van der Waals surface area (Å²) in [7, 11) is 2.13. The van der Waals surface area contributed by atoms with E-state index in [1.54, 1.807) is 12.3 Å². The lowest BCUT2D eigenvalue weighted by Crippen LogP contribution is -2.44. The van der Waals surface area contributed by atoms with E-state index in [9.17, 15) is 4.79 Å². The summed E-state index contributed by atoms with van der Waals surface area (Å²) < 4.78 is 2.74. The fraction of sp³-hybridized carbons (Fsp3) is 0.417. The van der Waals surface area contributed by atoms with Crippen LogP contribution < -0.4 is 10.8 Å². The van der Waals surface area contributed by atoms with Gasteiger partial charge in [-0.05, 0) is 44.0 Å². The normalized spacial score (nSPS) is 17.1. The molecule has 2 fully saturated rings. The van der Waals surface area contributed by atoms with Crippen molar-refractivity contribution >= 4 is 62.1 Å².